The Balaban J connectivity index is 2.06. The Bertz CT molecular complexity index is 341. The molecule has 1 aromatic carbocycles. The molecular weight excluding hydrogens is 192 g/mol. The van der Waals surface area contributed by atoms with E-state index in [-0.39, 0.29) is 6.10 Å². The van der Waals surface area contributed by atoms with E-state index in [0.717, 1.165) is 11.5 Å². The van der Waals surface area contributed by atoms with Crippen molar-refractivity contribution in [1.82, 2.24) is 0 Å². The number of rotatable bonds is 2. The van der Waals surface area contributed by atoms with Gasteiger partial charge in [0.05, 0.1) is 5.60 Å². The standard InChI is InChI=1S/C12H16O3/c1-12(2,13)7-9-8-14-10-5-3-4-6-11(10)15-9/h3-6,9,13H,7-8H2,1-2H3. The summed E-state index contributed by atoms with van der Waals surface area (Å²) in [4.78, 5) is 0. The van der Waals surface area contributed by atoms with Crippen LogP contribution in [0.25, 0.3) is 0 Å². The Labute approximate surface area is 89.6 Å². The topological polar surface area (TPSA) is 38.7 Å². The normalized spacial score (nSPS) is 20.1. The molecule has 1 heterocycles. The van der Waals surface area contributed by atoms with Crippen molar-refractivity contribution in [3.05, 3.63) is 24.3 Å². The van der Waals surface area contributed by atoms with Crippen LogP contribution in [0.2, 0.25) is 0 Å². The number of hydrogen-bond acceptors (Lipinski definition) is 3. The van der Waals surface area contributed by atoms with Gasteiger partial charge in [0, 0.05) is 6.42 Å². The summed E-state index contributed by atoms with van der Waals surface area (Å²) >= 11 is 0. The van der Waals surface area contributed by atoms with Gasteiger partial charge < -0.3 is 14.6 Å². The minimum Gasteiger partial charge on any atom is -0.486 e. The van der Waals surface area contributed by atoms with E-state index in [9.17, 15) is 5.11 Å². The first-order chi connectivity index (χ1) is 7.04. The average molecular weight is 208 g/mol. The van der Waals surface area contributed by atoms with Crippen molar-refractivity contribution in [1.29, 1.82) is 0 Å². The third-order valence-electron chi connectivity index (χ3n) is 2.29. The molecule has 0 amide bonds. The molecule has 1 aromatic rings. The van der Waals surface area contributed by atoms with Gasteiger partial charge in [0.1, 0.15) is 12.7 Å². The molecule has 1 unspecified atom stereocenters. The van der Waals surface area contributed by atoms with Crippen LogP contribution in [0.3, 0.4) is 0 Å². The van der Waals surface area contributed by atoms with E-state index in [4.69, 9.17) is 9.47 Å². The lowest BCUT2D eigenvalue weighted by Crippen LogP contribution is -2.36. The van der Waals surface area contributed by atoms with Gasteiger partial charge in [-0.25, -0.2) is 0 Å². The fraction of sp³-hybridized carbons (Fsp3) is 0.500. The van der Waals surface area contributed by atoms with Crippen molar-refractivity contribution in [3.63, 3.8) is 0 Å². The van der Waals surface area contributed by atoms with Crippen LogP contribution >= 0.6 is 0 Å². The second-order valence-corrected chi connectivity index (χ2v) is 4.51. The molecule has 2 rings (SSSR count). The summed E-state index contributed by atoms with van der Waals surface area (Å²) in [6.07, 6.45) is 0.501. The number of ether oxygens (including phenoxy) is 2. The lowest BCUT2D eigenvalue weighted by Gasteiger charge is -2.30. The first-order valence-electron chi connectivity index (χ1n) is 5.15. The van der Waals surface area contributed by atoms with E-state index in [1.165, 1.54) is 0 Å². The Morgan fingerprint density at radius 2 is 2.00 bits per heavy atom. The van der Waals surface area contributed by atoms with Crippen molar-refractivity contribution in [2.24, 2.45) is 0 Å². The van der Waals surface area contributed by atoms with Gasteiger partial charge in [0.2, 0.25) is 0 Å². The summed E-state index contributed by atoms with van der Waals surface area (Å²) in [5.41, 5.74) is -0.722. The quantitative estimate of drug-likeness (QED) is 0.807. The van der Waals surface area contributed by atoms with Gasteiger partial charge in [0.25, 0.3) is 0 Å². The first kappa shape index (κ1) is 10.3. The van der Waals surface area contributed by atoms with E-state index in [0.29, 0.717) is 13.0 Å². The largest absolute Gasteiger partial charge is 0.486 e. The first-order valence-corrected chi connectivity index (χ1v) is 5.15. The number of para-hydroxylation sites is 2. The van der Waals surface area contributed by atoms with Gasteiger partial charge in [-0.2, -0.15) is 0 Å². The van der Waals surface area contributed by atoms with E-state index in [1.807, 2.05) is 24.3 Å². The summed E-state index contributed by atoms with van der Waals surface area (Å²) < 4.78 is 11.3. The highest BCUT2D eigenvalue weighted by atomic mass is 16.6. The molecule has 1 N–H and O–H groups in total. The number of aliphatic hydroxyl groups is 1. The maximum absolute atomic E-state index is 9.68. The maximum Gasteiger partial charge on any atom is 0.161 e. The molecule has 1 aliphatic heterocycles. The maximum atomic E-state index is 9.68. The molecule has 0 aliphatic carbocycles. The van der Waals surface area contributed by atoms with Crippen molar-refractivity contribution in [3.8, 4) is 11.5 Å². The summed E-state index contributed by atoms with van der Waals surface area (Å²) in [7, 11) is 0. The molecule has 0 saturated heterocycles. The minimum atomic E-state index is -0.722. The Kier molecular flexibility index (Phi) is 2.57. The van der Waals surface area contributed by atoms with Crippen molar-refractivity contribution in [2.75, 3.05) is 6.61 Å². The number of hydrogen-bond donors (Lipinski definition) is 1. The lowest BCUT2D eigenvalue weighted by molar-refractivity contribution is -0.000393. The van der Waals surface area contributed by atoms with Crippen LogP contribution < -0.4 is 9.47 Å². The molecule has 0 radical (unpaired) electrons. The van der Waals surface area contributed by atoms with Crippen LogP contribution in [0.5, 0.6) is 11.5 Å². The molecule has 0 saturated carbocycles. The van der Waals surface area contributed by atoms with Gasteiger partial charge in [-0.05, 0) is 26.0 Å². The van der Waals surface area contributed by atoms with Crippen molar-refractivity contribution < 1.29 is 14.6 Å². The summed E-state index contributed by atoms with van der Waals surface area (Å²) in [5, 5.41) is 9.68. The molecule has 3 heteroatoms. The number of benzene rings is 1. The van der Waals surface area contributed by atoms with Gasteiger partial charge in [0.15, 0.2) is 11.5 Å². The third-order valence-corrected chi connectivity index (χ3v) is 2.29. The van der Waals surface area contributed by atoms with Gasteiger partial charge in [-0.1, -0.05) is 12.1 Å². The fourth-order valence-electron chi connectivity index (χ4n) is 1.72. The molecule has 0 spiro atoms. The highest BCUT2D eigenvalue weighted by Gasteiger charge is 2.26. The van der Waals surface area contributed by atoms with Crippen LogP contribution in [0.15, 0.2) is 24.3 Å². The predicted molar refractivity (Wildman–Crippen MR) is 57.3 cm³/mol. The minimum absolute atomic E-state index is 0.0695. The molecule has 82 valence electrons. The van der Waals surface area contributed by atoms with Crippen molar-refractivity contribution >= 4 is 0 Å². The highest BCUT2D eigenvalue weighted by Crippen LogP contribution is 2.32. The number of fused-ring (bicyclic) bond motifs is 1. The smallest absolute Gasteiger partial charge is 0.161 e. The summed E-state index contributed by atoms with van der Waals surface area (Å²) in [6, 6.07) is 7.59. The van der Waals surface area contributed by atoms with Crippen LogP contribution in [0.1, 0.15) is 20.3 Å². The van der Waals surface area contributed by atoms with Crippen LogP contribution in [0.4, 0.5) is 0 Å². The molecule has 0 fully saturated rings. The molecule has 1 aliphatic rings. The van der Waals surface area contributed by atoms with Crippen LogP contribution in [-0.4, -0.2) is 23.4 Å². The molecular formula is C12H16O3. The zero-order chi connectivity index (χ0) is 10.9. The van der Waals surface area contributed by atoms with E-state index >= 15 is 0 Å². The predicted octanol–water partition coefficient (Wildman–Crippen LogP) is 1.99. The summed E-state index contributed by atoms with van der Waals surface area (Å²) in [5.74, 6) is 1.54. The average Bonchev–Trinajstić information content (AvgIpc) is 2.15. The second-order valence-electron chi connectivity index (χ2n) is 4.51. The molecule has 0 aromatic heterocycles. The zero-order valence-corrected chi connectivity index (χ0v) is 9.06. The SMILES string of the molecule is CC(C)(O)CC1COc2ccccc2O1. The highest BCUT2D eigenvalue weighted by molar-refractivity contribution is 5.40. The Morgan fingerprint density at radius 1 is 1.33 bits per heavy atom. The fourth-order valence-corrected chi connectivity index (χ4v) is 1.72. The molecule has 15 heavy (non-hydrogen) atoms. The van der Waals surface area contributed by atoms with Crippen molar-refractivity contribution in [2.45, 2.75) is 32.0 Å². The Morgan fingerprint density at radius 3 is 2.67 bits per heavy atom. The van der Waals surface area contributed by atoms with Crippen LogP contribution in [0, 0.1) is 0 Å². The molecule has 3 nitrogen and oxygen atoms in total. The third kappa shape index (κ3) is 2.63. The van der Waals surface area contributed by atoms with E-state index in [2.05, 4.69) is 0 Å². The zero-order valence-electron chi connectivity index (χ0n) is 9.06. The Hall–Kier alpha value is -1.22. The second kappa shape index (κ2) is 3.74. The van der Waals surface area contributed by atoms with Gasteiger partial charge in [-0.3, -0.25) is 0 Å². The van der Waals surface area contributed by atoms with E-state index < -0.39 is 5.60 Å². The van der Waals surface area contributed by atoms with Gasteiger partial charge in [-0.15, -0.1) is 0 Å². The van der Waals surface area contributed by atoms with E-state index in [1.54, 1.807) is 13.8 Å². The lowest BCUT2D eigenvalue weighted by atomic mass is 10.0. The van der Waals surface area contributed by atoms with Gasteiger partial charge >= 0.3 is 0 Å². The van der Waals surface area contributed by atoms with Crippen LogP contribution in [-0.2, 0) is 0 Å². The molecule has 0 bridgehead atoms. The monoisotopic (exact) mass is 208 g/mol. The molecule has 1 atom stereocenters. The summed E-state index contributed by atoms with van der Waals surface area (Å²) in [6.45, 7) is 4.05.